The smallest absolute Gasteiger partial charge is 0.341 e. The van der Waals surface area contributed by atoms with Crippen LogP contribution in [0.1, 0.15) is 20.9 Å². The van der Waals surface area contributed by atoms with Gasteiger partial charge in [-0.3, -0.25) is 4.79 Å². The van der Waals surface area contributed by atoms with E-state index in [1.807, 2.05) is 23.6 Å². The van der Waals surface area contributed by atoms with Crippen LogP contribution in [0.15, 0.2) is 23.1 Å². The first-order chi connectivity index (χ1) is 9.58. The Hall–Kier alpha value is -1.92. The maximum atomic E-state index is 12.4. The van der Waals surface area contributed by atoms with Crippen LogP contribution < -0.4 is 5.43 Å². The van der Waals surface area contributed by atoms with E-state index in [1.165, 1.54) is 11.3 Å². The van der Waals surface area contributed by atoms with Crippen molar-refractivity contribution in [1.82, 2.24) is 4.57 Å². The molecule has 0 aromatic carbocycles. The van der Waals surface area contributed by atoms with Gasteiger partial charge >= 0.3 is 5.97 Å². The highest BCUT2D eigenvalue weighted by Gasteiger charge is 2.24. The Kier molecular flexibility index (Phi) is 3.19. The van der Waals surface area contributed by atoms with Crippen molar-refractivity contribution in [2.75, 3.05) is 6.61 Å². The molecule has 0 amide bonds. The number of aromatic carboxylic acids is 1. The van der Waals surface area contributed by atoms with Crippen LogP contribution in [0.3, 0.4) is 0 Å². The fourth-order valence-electron chi connectivity index (χ4n) is 2.36. The number of carboxylic acids is 1. The topological polar surface area (TPSA) is 68.5 Å². The van der Waals surface area contributed by atoms with Crippen LogP contribution in [0.25, 0.3) is 10.4 Å². The fourth-order valence-corrected chi connectivity index (χ4v) is 3.24. The molecule has 0 spiro atoms. The van der Waals surface area contributed by atoms with Crippen LogP contribution >= 0.6 is 11.3 Å². The number of fused-ring (bicyclic) bond motifs is 1. The van der Waals surface area contributed by atoms with E-state index in [1.54, 1.807) is 6.20 Å². The monoisotopic (exact) mass is 291 g/mol. The van der Waals surface area contributed by atoms with Crippen LogP contribution in [0.2, 0.25) is 0 Å². The lowest BCUT2D eigenvalue weighted by atomic mass is 10.1. The van der Waals surface area contributed by atoms with Crippen LogP contribution in [0, 0.1) is 6.92 Å². The summed E-state index contributed by atoms with van der Waals surface area (Å²) in [6.07, 6.45) is 1.75. The van der Waals surface area contributed by atoms with Crippen molar-refractivity contribution in [2.45, 2.75) is 20.1 Å². The summed E-state index contributed by atoms with van der Waals surface area (Å²) in [6.45, 7) is 3.21. The average molecular weight is 291 g/mol. The van der Waals surface area contributed by atoms with Crippen molar-refractivity contribution in [2.24, 2.45) is 0 Å². The van der Waals surface area contributed by atoms with Gasteiger partial charge in [0.2, 0.25) is 5.43 Å². The Morgan fingerprint density at radius 2 is 2.25 bits per heavy atom. The number of thiophene rings is 1. The van der Waals surface area contributed by atoms with Gasteiger partial charge in [0.1, 0.15) is 5.56 Å². The molecule has 20 heavy (non-hydrogen) atoms. The van der Waals surface area contributed by atoms with E-state index in [4.69, 9.17) is 4.74 Å². The largest absolute Gasteiger partial charge is 0.477 e. The maximum absolute atomic E-state index is 12.4. The molecule has 0 bridgehead atoms. The molecule has 0 fully saturated rings. The zero-order valence-corrected chi connectivity index (χ0v) is 11.7. The summed E-state index contributed by atoms with van der Waals surface area (Å²) in [4.78, 5) is 25.8. The molecule has 0 unspecified atom stereocenters. The molecule has 1 N–H and O–H groups in total. The van der Waals surface area contributed by atoms with Gasteiger partial charge < -0.3 is 14.4 Å². The van der Waals surface area contributed by atoms with Gasteiger partial charge in [-0.2, -0.15) is 0 Å². The number of hydrogen-bond acceptors (Lipinski definition) is 4. The number of nitrogens with zero attached hydrogens (tertiary/aromatic N) is 1. The van der Waals surface area contributed by atoms with Crippen LogP contribution in [0.5, 0.6) is 0 Å². The van der Waals surface area contributed by atoms with Crippen molar-refractivity contribution >= 4 is 17.3 Å². The molecule has 3 rings (SSSR count). The van der Waals surface area contributed by atoms with Gasteiger partial charge in [-0.05, 0) is 19.1 Å². The fraction of sp³-hybridized carbons (Fsp3) is 0.286. The molecule has 0 saturated carbocycles. The lowest BCUT2D eigenvalue weighted by Crippen LogP contribution is -2.29. The molecule has 0 aliphatic carbocycles. The van der Waals surface area contributed by atoms with E-state index in [0.717, 1.165) is 9.75 Å². The molecule has 6 heteroatoms. The van der Waals surface area contributed by atoms with Crippen molar-refractivity contribution < 1.29 is 14.6 Å². The SMILES string of the molecule is Cc1ccc(-c2cn3c(c(C(=O)O)c2=O)COCC3)s1. The molecule has 0 saturated heterocycles. The van der Waals surface area contributed by atoms with Gasteiger partial charge in [0.05, 0.1) is 24.5 Å². The summed E-state index contributed by atoms with van der Waals surface area (Å²) in [5.74, 6) is -1.20. The number of aromatic nitrogens is 1. The quantitative estimate of drug-likeness (QED) is 0.920. The van der Waals surface area contributed by atoms with Crippen LogP contribution in [-0.4, -0.2) is 22.2 Å². The number of rotatable bonds is 2. The molecule has 0 radical (unpaired) electrons. The van der Waals surface area contributed by atoms with Crippen molar-refractivity contribution in [3.05, 3.63) is 44.7 Å². The third-order valence-electron chi connectivity index (χ3n) is 3.33. The third-order valence-corrected chi connectivity index (χ3v) is 4.36. The van der Waals surface area contributed by atoms with Gasteiger partial charge in [0.25, 0.3) is 0 Å². The highest BCUT2D eigenvalue weighted by atomic mass is 32.1. The predicted molar refractivity (Wildman–Crippen MR) is 75.4 cm³/mol. The van der Waals surface area contributed by atoms with Crippen LogP contribution in [0.4, 0.5) is 0 Å². The molecule has 1 aliphatic rings. The van der Waals surface area contributed by atoms with Gasteiger partial charge in [-0.25, -0.2) is 4.79 Å². The second-order valence-electron chi connectivity index (χ2n) is 4.66. The standard InChI is InChI=1S/C14H13NO4S/c1-8-2-3-11(20-8)9-6-15-4-5-19-7-10(15)12(13(9)16)14(17)18/h2-3,6H,4-5,7H2,1H3,(H,17,18). The predicted octanol–water partition coefficient (Wildman–Crippen LogP) is 2.11. The molecule has 2 aromatic heterocycles. The normalized spacial score (nSPS) is 14.1. The molecule has 104 valence electrons. The van der Waals surface area contributed by atoms with Gasteiger partial charge in [0.15, 0.2) is 0 Å². The lowest BCUT2D eigenvalue weighted by molar-refractivity contribution is 0.0650. The van der Waals surface area contributed by atoms with E-state index in [2.05, 4.69) is 0 Å². The highest BCUT2D eigenvalue weighted by molar-refractivity contribution is 7.15. The van der Waals surface area contributed by atoms with E-state index in [-0.39, 0.29) is 12.2 Å². The number of hydrogen-bond donors (Lipinski definition) is 1. The third kappa shape index (κ3) is 2.07. The van der Waals surface area contributed by atoms with E-state index < -0.39 is 11.4 Å². The molecular formula is C14H13NO4S. The summed E-state index contributed by atoms with van der Waals surface area (Å²) in [6, 6.07) is 3.78. The number of aryl methyl sites for hydroxylation is 1. The zero-order chi connectivity index (χ0) is 14.3. The number of carbonyl (C=O) groups is 1. The van der Waals surface area contributed by atoms with Crippen molar-refractivity contribution in [3.63, 3.8) is 0 Å². The molecule has 0 atom stereocenters. The van der Waals surface area contributed by atoms with E-state index in [0.29, 0.717) is 24.4 Å². The zero-order valence-electron chi connectivity index (χ0n) is 10.9. The van der Waals surface area contributed by atoms with Crippen LogP contribution in [-0.2, 0) is 17.9 Å². The summed E-state index contributed by atoms with van der Waals surface area (Å²) in [5, 5.41) is 9.33. The first-order valence-electron chi connectivity index (χ1n) is 6.22. The van der Waals surface area contributed by atoms with E-state index >= 15 is 0 Å². The molecule has 5 nitrogen and oxygen atoms in total. The Morgan fingerprint density at radius 1 is 1.45 bits per heavy atom. The van der Waals surface area contributed by atoms with Gasteiger partial charge in [-0.15, -0.1) is 11.3 Å². The second-order valence-corrected chi connectivity index (χ2v) is 5.94. The average Bonchev–Trinajstić information content (AvgIpc) is 2.84. The minimum atomic E-state index is -1.20. The molecule has 2 aromatic rings. The Labute approximate surface area is 119 Å². The second kappa shape index (κ2) is 4.88. The Morgan fingerprint density at radius 3 is 2.90 bits per heavy atom. The number of pyridine rings is 1. The summed E-state index contributed by atoms with van der Waals surface area (Å²) in [5.41, 5.74) is 0.293. The van der Waals surface area contributed by atoms with E-state index in [9.17, 15) is 14.7 Å². The number of ether oxygens (including phenoxy) is 1. The van der Waals surface area contributed by atoms with Crippen molar-refractivity contribution in [1.29, 1.82) is 0 Å². The van der Waals surface area contributed by atoms with Gasteiger partial charge in [0, 0.05) is 22.5 Å². The molecule has 3 heterocycles. The Bertz CT molecular complexity index is 744. The van der Waals surface area contributed by atoms with Gasteiger partial charge in [-0.1, -0.05) is 0 Å². The summed E-state index contributed by atoms with van der Waals surface area (Å²) < 4.78 is 7.09. The molecule has 1 aliphatic heterocycles. The minimum Gasteiger partial charge on any atom is -0.477 e. The number of carboxylic acid groups (broad SMARTS) is 1. The first-order valence-corrected chi connectivity index (χ1v) is 7.03. The van der Waals surface area contributed by atoms with Crippen molar-refractivity contribution in [3.8, 4) is 10.4 Å². The molecular weight excluding hydrogens is 278 g/mol. The summed E-state index contributed by atoms with van der Waals surface area (Å²) in [7, 11) is 0. The first kappa shape index (κ1) is 13.1. The Balaban J connectivity index is 2.29. The highest BCUT2D eigenvalue weighted by Crippen LogP contribution is 2.27. The lowest BCUT2D eigenvalue weighted by Gasteiger charge is -2.21. The summed E-state index contributed by atoms with van der Waals surface area (Å²) >= 11 is 1.49. The maximum Gasteiger partial charge on any atom is 0.341 e. The minimum absolute atomic E-state index is 0.167.